The van der Waals surface area contributed by atoms with Crippen LogP contribution in [0.5, 0.6) is 0 Å². The number of carbonyl (C=O) groups is 3. The average molecular weight is 467 g/mol. The number of ether oxygens (including phenoxy) is 2. The summed E-state index contributed by atoms with van der Waals surface area (Å²) in [7, 11) is 0. The van der Waals surface area contributed by atoms with Gasteiger partial charge in [-0.05, 0) is 35.1 Å². The highest BCUT2D eigenvalue weighted by Gasteiger charge is 2.34. The molecule has 1 aliphatic heterocycles. The summed E-state index contributed by atoms with van der Waals surface area (Å²) in [4.78, 5) is 37.5. The second kappa shape index (κ2) is 10.7. The summed E-state index contributed by atoms with van der Waals surface area (Å²) in [6.07, 6.45) is 0.267. The number of carboxylic acids is 1. The molecule has 1 fully saturated rings. The number of aliphatic carboxylic acids is 1. The van der Waals surface area contributed by atoms with Crippen LogP contribution >= 0.6 is 0 Å². The third-order valence-electron chi connectivity index (χ3n) is 6.38. The predicted molar refractivity (Wildman–Crippen MR) is 125 cm³/mol. The summed E-state index contributed by atoms with van der Waals surface area (Å²) < 4.78 is 11.2. The van der Waals surface area contributed by atoms with E-state index < -0.39 is 18.0 Å². The van der Waals surface area contributed by atoms with Crippen LogP contribution < -0.4 is 5.32 Å². The summed E-state index contributed by atoms with van der Waals surface area (Å²) in [5.41, 5.74) is 4.63. The largest absolute Gasteiger partial charge is 0.480 e. The van der Waals surface area contributed by atoms with Crippen molar-refractivity contribution in [2.75, 3.05) is 32.8 Å². The van der Waals surface area contributed by atoms with Gasteiger partial charge in [0, 0.05) is 19.0 Å². The number of carboxylic acid groups (broad SMARTS) is 1. The Kier molecular flexibility index (Phi) is 7.47. The van der Waals surface area contributed by atoms with Gasteiger partial charge in [-0.15, -0.1) is 0 Å². The minimum absolute atomic E-state index is 0.0123. The van der Waals surface area contributed by atoms with Crippen molar-refractivity contribution in [3.8, 4) is 11.1 Å². The van der Waals surface area contributed by atoms with E-state index in [0.717, 1.165) is 11.1 Å². The summed E-state index contributed by atoms with van der Waals surface area (Å²) in [5.74, 6) is -1.66. The molecule has 0 radical (unpaired) electrons. The number of alkyl carbamates (subject to hydrolysis) is 1. The Morgan fingerprint density at radius 3 is 2.35 bits per heavy atom. The lowest BCUT2D eigenvalue weighted by molar-refractivity contribution is -0.146. The fraction of sp³-hybridized carbons (Fsp3) is 0.423. The van der Waals surface area contributed by atoms with E-state index >= 15 is 0 Å². The van der Waals surface area contributed by atoms with Crippen LogP contribution in [0.15, 0.2) is 48.5 Å². The lowest BCUT2D eigenvalue weighted by Gasteiger charge is -2.22. The van der Waals surface area contributed by atoms with Crippen molar-refractivity contribution < 1.29 is 29.0 Å². The first-order valence-electron chi connectivity index (χ1n) is 11.7. The van der Waals surface area contributed by atoms with Gasteiger partial charge in [-0.3, -0.25) is 9.59 Å². The lowest BCUT2D eigenvalue weighted by Crippen LogP contribution is -2.40. The molecular formula is C26H30N2O6. The second-order valence-electron chi connectivity index (χ2n) is 8.75. The molecule has 8 nitrogen and oxygen atoms in total. The van der Waals surface area contributed by atoms with Crippen molar-refractivity contribution >= 4 is 18.0 Å². The minimum Gasteiger partial charge on any atom is -0.480 e. The molecule has 2 unspecified atom stereocenters. The molecule has 0 bridgehead atoms. The fourth-order valence-corrected chi connectivity index (χ4v) is 4.83. The van der Waals surface area contributed by atoms with E-state index in [0.29, 0.717) is 19.4 Å². The van der Waals surface area contributed by atoms with Gasteiger partial charge < -0.3 is 24.8 Å². The molecule has 4 rings (SSSR count). The summed E-state index contributed by atoms with van der Waals surface area (Å²) in [6.45, 7) is 2.65. The number of nitrogens with zero attached hydrogens (tertiary/aromatic N) is 1. The van der Waals surface area contributed by atoms with E-state index in [1.165, 1.54) is 16.0 Å². The number of amides is 2. The molecule has 2 atom stereocenters. The molecule has 1 saturated heterocycles. The molecule has 2 aromatic carbocycles. The van der Waals surface area contributed by atoms with E-state index in [9.17, 15) is 14.4 Å². The number of nitrogens with one attached hydrogen (secondary N) is 1. The quantitative estimate of drug-likeness (QED) is 0.588. The summed E-state index contributed by atoms with van der Waals surface area (Å²) in [5, 5.41) is 11.8. The number of benzene rings is 2. The Hall–Kier alpha value is -3.39. The summed E-state index contributed by atoms with van der Waals surface area (Å²) in [6, 6.07) is 16.3. The Morgan fingerprint density at radius 1 is 1.09 bits per heavy atom. The van der Waals surface area contributed by atoms with Gasteiger partial charge in [0.1, 0.15) is 13.2 Å². The Bertz CT molecular complexity index is 1010. The minimum atomic E-state index is -1.03. The van der Waals surface area contributed by atoms with Crippen molar-refractivity contribution in [3.63, 3.8) is 0 Å². The molecule has 1 aliphatic carbocycles. The zero-order valence-electron chi connectivity index (χ0n) is 19.2. The molecule has 1 heterocycles. The number of hydrogen-bond acceptors (Lipinski definition) is 5. The zero-order chi connectivity index (χ0) is 24.1. The van der Waals surface area contributed by atoms with Crippen LogP contribution in [-0.4, -0.2) is 66.9 Å². The topological polar surface area (TPSA) is 105 Å². The van der Waals surface area contributed by atoms with Crippen LogP contribution in [0.1, 0.15) is 36.8 Å². The van der Waals surface area contributed by atoms with Crippen LogP contribution in [0, 0.1) is 5.92 Å². The highest BCUT2D eigenvalue weighted by atomic mass is 16.5. The van der Waals surface area contributed by atoms with Gasteiger partial charge in [-0.25, -0.2) is 4.79 Å². The van der Waals surface area contributed by atoms with Gasteiger partial charge >= 0.3 is 12.1 Å². The maximum atomic E-state index is 12.7. The molecule has 0 spiro atoms. The van der Waals surface area contributed by atoms with Gasteiger partial charge in [0.25, 0.3) is 0 Å². The van der Waals surface area contributed by atoms with Crippen LogP contribution in [0.3, 0.4) is 0 Å². The van der Waals surface area contributed by atoms with Crippen LogP contribution in [0.25, 0.3) is 11.1 Å². The predicted octanol–water partition coefficient (Wildman–Crippen LogP) is 3.25. The van der Waals surface area contributed by atoms with Crippen LogP contribution in [0.2, 0.25) is 0 Å². The number of carbonyl (C=O) groups excluding carboxylic acids is 2. The average Bonchev–Trinajstić information content (AvgIpc) is 3.43. The Morgan fingerprint density at radius 2 is 1.74 bits per heavy atom. The van der Waals surface area contributed by atoms with Gasteiger partial charge in [0.2, 0.25) is 5.91 Å². The highest BCUT2D eigenvalue weighted by Crippen LogP contribution is 2.44. The molecule has 2 aromatic rings. The number of fused-ring (bicyclic) bond motifs is 3. The molecule has 2 aliphatic rings. The molecule has 0 saturated carbocycles. The van der Waals surface area contributed by atoms with Crippen molar-refractivity contribution in [1.29, 1.82) is 0 Å². The van der Waals surface area contributed by atoms with E-state index in [2.05, 4.69) is 29.6 Å². The molecule has 8 heteroatoms. The van der Waals surface area contributed by atoms with Crippen LogP contribution in [0.4, 0.5) is 4.79 Å². The zero-order valence-corrected chi connectivity index (χ0v) is 19.2. The normalized spacial score (nSPS) is 18.7. The van der Waals surface area contributed by atoms with E-state index in [-0.39, 0.29) is 44.2 Å². The molecule has 0 aromatic heterocycles. The molecule has 34 heavy (non-hydrogen) atoms. The van der Waals surface area contributed by atoms with Crippen molar-refractivity contribution in [2.24, 2.45) is 5.92 Å². The molecule has 2 N–H and O–H groups in total. The van der Waals surface area contributed by atoms with Gasteiger partial charge in [0.15, 0.2) is 0 Å². The molecular weight excluding hydrogens is 436 g/mol. The number of hydrogen-bond donors (Lipinski definition) is 2. The first kappa shape index (κ1) is 23.8. The fourth-order valence-electron chi connectivity index (χ4n) is 4.83. The SMILES string of the molecule is CCCN(CC(=O)O)C(=O)C1COC(CNC(=O)OCC2c3ccccc3-c3ccccc32)C1. The van der Waals surface area contributed by atoms with Gasteiger partial charge in [-0.1, -0.05) is 55.5 Å². The molecule has 180 valence electrons. The van der Waals surface area contributed by atoms with E-state index in [4.69, 9.17) is 14.6 Å². The maximum Gasteiger partial charge on any atom is 0.407 e. The Labute approximate surface area is 198 Å². The Balaban J connectivity index is 1.26. The first-order valence-corrected chi connectivity index (χ1v) is 11.7. The molecule has 2 amide bonds. The lowest BCUT2D eigenvalue weighted by atomic mass is 9.98. The maximum absolute atomic E-state index is 12.7. The highest BCUT2D eigenvalue weighted by molar-refractivity contribution is 5.83. The number of rotatable bonds is 9. The van der Waals surface area contributed by atoms with E-state index in [1.807, 2.05) is 31.2 Å². The van der Waals surface area contributed by atoms with Crippen molar-refractivity contribution in [2.45, 2.75) is 31.8 Å². The van der Waals surface area contributed by atoms with Crippen LogP contribution in [-0.2, 0) is 19.1 Å². The van der Waals surface area contributed by atoms with Gasteiger partial charge in [0.05, 0.1) is 18.6 Å². The van der Waals surface area contributed by atoms with E-state index in [1.54, 1.807) is 0 Å². The second-order valence-corrected chi connectivity index (χ2v) is 8.75. The standard InChI is InChI=1S/C26H30N2O6/c1-2-11-28(14-24(29)30)25(31)17-12-18(33-15-17)13-27-26(32)34-16-23-21-9-5-3-7-19(21)20-8-4-6-10-22(20)23/h3-10,17-18,23H,2,11-16H2,1H3,(H,27,32)(H,29,30). The van der Waals surface area contributed by atoms with Crippen molar-refractivity contribution in [3.05, 3.63) is 59.7 Å². The third kappa shape index (κ3) is 5.22. The first-order chi connectivity index (χ1) is 16.5. The smallest absolute Gasteiger partial charge is 0.407 e. The van der Waals surface area contributed by atoms with Crippen molar-refractivity contribution in [1.82, 2.24) is 10.2 Å². The monoisotopic (exact) mass is 466 g/mol. The summed E-state index contributed by atoms with van der Waals surface area (Å²) >= 11 is 0. The van der Waals surface area contributed by atoms with Gasteiger partial charge in [-0.2, -0.15) is 0 Å². The third-order valence-corrected chi connectivity index (χ3v) is 6.38.